The summed E-state index contributed by atoms with van der Waals surface area (Å²) in [6.45, 7) is 18.5. The summed E-state index contributed by atoms with van der Waals surface area (Å²) in [6, 6.07) is 0. The molecule has 2 nitrogen and oxygen atoms in total. The molecule has 0 atom stereocenters. The summed E-state index contributed by atoms with van der Waals surface area (Å²) in [7, 11) is 0. The van der Waals surface area contributed by atoms with Crippen molar-refractivity contribution in [3.05, 3.63) is 72.9 Å². The Kier molecular flexibility index (Phi) is 29.4. The first kappa shape index (κ1) is 33.7. The van der Waals surface area contributed by atoms with Crippen LogP contribution in [0.4, 0.5) is 0 Å². The average Bonchev–Trinajstić information content (AvgIpc) is 3.31. The Morgan fingerprint density at radius 1 is 0.900 bits per heavy atom. The van der Waals surface area contributed by atoms with Crippen molar-refractivity contribution in [2.75, 3.05) is 0 Å². The third-order valence-corrected chi connectivity index (χ3v) is 2.81. The van der Waals surface area contributed by atoms with Crippen LogP contribution in [0.25, 0.3) is 0 Å². The molecule has 0 aliphatic heterocycles. The first-order valence-corrected chi connectivity index (χ1v) is 12.5. The molecule has 0 radical (unpaired) electrons. The van der Waals surface area contributed by atoms with E-state index in [1.165, 1.54) is 35.0 Å². The molecule has 0 saturated heterocycles. The van der Waals surface area contributed by atoms with E-state index < -0.39 is 0 Å². The Labute approximate surface area is 201 Å². The summed E-state index contributed by atoms with van der Waals surface area (Å²) in [4.78, 5) is 0. The maximum absolute atomic E-state index is 8.06. The molecule has 0 aromatic carbocycles. The average molecular weight is 579 g/mol. The van der Waals surface area contributed by atoms with Gasteiger partial charge >= 0.3 is 41.0 Å². The van der Waals surface area contributed by atoms with Gasteiger partial charge < -0.3 is 10.2 Å². The van der Waals surface area contributed by atoms with Gasteiger partial charge in [0, 0.05) is 12.2 Å². The second-order valence-corrected chi connectivity index (χ2v) is 11.1. The quantitative estimate of drug-likeness (QED) is 0.207. The molecule has 0 saturated carbocycles. The van der Waals surface area contributed by atoms with Gasteiger partial charge in [0.25, 0.3) is 0 Å². The van der Waals surface area contributed by atoms with Crippen LogP contribution in [0.15, 0.2) is 60.8 Å². The molecule has 0 amide bonds. The van der Waals surface area contributed by atoms with Gasteiger partial charge in [-0.3, -0.25) is 12.2 Å². The molecule has 2 N–H and O–H groups in total. The van der Waals surface area contributed by atoms with Crippen LogP contribution in [-0.4, -0.2) is 25.7 Å². The zero-order valence-electron chi connectivity index (χ0n) is 20.2. The topological polar surface area (TPSA) is 40.5 Å². The maximum atomic E-state index is 8.06. The monoisotopic (exact) mass is 580 g/mol. The Morgan fingerprint density at radius 2 is 1.17 bits per heavy atom. The van der Waals surface area contributed by atoms with E-state index in [0.717, 1.165) is 38.5 Å². The third kappa shape index (κ3) is 41.5. The van der Waals surface area contributed by atoms with Crippen LogP contribution in [-0.2, 0) is 23.9 Å². The molecule has 2 rings (SSSR count). The van der Waals surface area contributed by atoms with Crippen molar-refractivity contribution in [3.63, 3.8) is 0 Å². The summed E-state index contributed by atoms with van der Waals surface area (Å²) in [5, 5.41) is 16.1. The van der Waals surface area contributed by atoms with Gasteiger partial charge in [0.15, 0.2) is 0 Å². The second kappa shape index (κ2) is 26.1. The van der Waals surface area contributed by atoms with E-state index in [2.05, 4.69) is 63.5 Å². The van der Waals surface area contributed by atoms with Crippen LogP contribution in [0.3, 0.4) is 0 Å². The molecule has 3 heteroatoms. The summed E-state index contributed by atoms with van der Waals surface area (Å²) in [6.07, 6.45) is 24.9. The normalized spacial score (nSPS) is 12.8. The zero-order chi connectivity index (χ0) is 23.8. The van der Waals surface area contributed by atoms with Crippen LogP contribution < -0.4 is 0 Å². The van der Waals surface area contributed by atoms with E-state index in [9.17, 15) is 0 Å². The van der Waals surface area contributed by atoms with Crippen molar-refractivity contribution < 1.29 is 34.1 Å². The first-order chi connectivity index (χ1) is 14.1. The van der Waals surface area contributed by atoms with Crippen molar-refractivity contribution in [2.24, 2.45) is 0 Å². The minimum atomic E-state index is -0.167. The molecule has 0 aromatic rings. The van der Waals surface area contributed by atoms with Gasteiger partial charge in [0.1, 0.15) is 0 Å². The summed E-state index contributed by atoms with van der Waals surface area (Å²) < 4.78 is 1.56. The van der Waals surface area contributed by atoms with Gasteiger partial charge in [-0.15, -0.1) is 26.0 Å². The molecule has 0 aromatic heterocycles. The van der Waals surface area contributed by atoms with Crippen LogP contribution in [0, 0.1) is 12.2 Å². The second-order valence-electron chi connectivity index (χ2n) is 7.51. The molecule has 2 aliphatic rings. The number of aliphatic hydroxyl groups excluding tert-OH is 2. The fourth-order valence-corrected chi connectivity index (χ4v) is 1.76. The zero-order valence-corrected chi connectivity index (χ0v) is 23.8. The van der Waals surface area contributed by atoms with Gasteiger partial charge in [0.05, 0.1) is 0 Å². The van der Waals surface area contributed by atoms with Gasteiger partial charge in [-0.25, -0.2) is 23.3 Å². The van der Waals surface area contributed by atoms with Crippen molar-refractivity contribution in [3.8, 4) is 0 Å². The molecule has 30 heavy (non-hydrogen) atoms. The van der Waals surface area contributed by atoms with E-state index in [0.29, 0.717) is 0 Å². The molecule has 0 fully saturated rings. The Morgan fingerprint density at radius 3 is 1.33 bits per heavy atom. The number of hydrogen-bond acceptors (Lipinski definition) is 2. The van der Waals surface area contributed by atoms with E-state index >= 15 is 0 Å². The van der Waals surface area contributed by atoms with Gasteiger partial charge in [-0.2, -0.15) is 12.2 Å². The van der Waals surface area contributed by atoms with Gasteiger partial charge in [-0.1, -0.05) is 25.0 Å². The van der Waals surface area contributed by atoms with Crippen molar-refractivity contribution in [1.29, 1.82) is 0 Å². The van der Waals surface area contributed by atoms with Crippen LogP contribution in [0.1, 0.15) is 80.1 Å². The number of hydrogen-bond donors (Lipinski definition) is 2. The van der Waals surface area contributed by atoms with E-state index in [4.69, 9.17) is 10.2 Å². The summed E-state index contributed by atoms with van der Waals surface area (Å²) in [5.74, 6) is 0. The van der Waals surface area contributed by atoms with E-state index in [-0.39, 0.29) is 12.2 Å². The summed E-state index contributed by atoms with van der Waals surface area (Å²) in [5.41, 5.74) is 2.82. The number of allylic oxidation sites excluding steroid dienone is 10. The molecule has 0 heterocycles. The summed E-state index contributed by atoms with van der Waals surface area (Å²) >= 11 is 1.27. The molecular formula is C27H44HfO2. The fraction of sp³-hybridized carbons (Fsp3) is 0.519. The predicted molar refractivity (Wildman–Crippen MR) is 131 cm³/mol. The van der Waals surface area contributed by atoms with Crippen LogP contribution >= 0.6 is 0 Å². The van der Waals surface area contributed by atoms with E-state index in [1.807, 2.05) is 12.2 Å². The predicted octanol–water partition coefficient (Wildman–Crippen LogP) is 6.80. The van der Waals surface area contributed by atoms with Crippen LogP contribution in [0.5, 0.6) is 0 Å². The van der Waals surface area contributed by atoms with Crippen molar-refractivity contribution >= 4 is 3.26 Å². The van der Waals surface area contributed by atoms with Crippen LogP contribution in [0.2, 0.25) is 0 Å². The van der Waals surface area contributed by atoms with Crippen molar-refractivity contribution in [1.82, 2.24) is 0 Å². The Hall–Kier alpha value is -0.900. The molecule has 0 bridgehead atoms. The van der Waals surface area contributed by atoms with Gasteiger partial charge in [-0.05, 0) is 40.5 Å². The van der Waals surface area contributed by atoms with Crippen molar-refractivity contribution in [2.45, 2.75) is 92.3 Å². The minimum absolute atomic E-state index is 0.167. The SMILES string of the molecule is C=CCCC1=CC[C-]=C1.C=CCCC1=CC[C-]=C1.CC(C)O.CC(C)O.C[C](C)=[Hf+2]. The number of aliphatic hydroxyl groups is 2. The Bertz CT molecular complexity index is 496. The first-order valence-electron chi connectivity index (χ1n) is 10.7. The molecule has 0 spiro atoms. The Balaban J connectivity index is -0.000000325. The molecule has 0 unspecified atom stereocenters. The molecular weight excluding hydrogens is 535 g/mol. The molecule has 168 valence electrons. The standard InChI is InChI=1S/2C9H11.2C3H8O.C3H6.Hf/c2*1-2-3-6-9-7-4-5-8-9;2*1-3(2)4;1-3-2;/h2*2,7-8H,1,3-4,6H2;2*3-4H,1-2H3;1-2H3;/q2*-1;;;;+2. The fourth-order valence-electron chi connectivity index (χ4n) is 1.76. The molecule has 2 aliphatic carbocycles. The number of rotatable bonds is 6. The third-order valence-electron chi connectivity index (χ3n) is 2.81. The van der Waals surface area contributed by atoms with Gasteiger partial charge in [0.2, 0.25) is 0 Å². The van der Waals surface area contributed by atoms with E-state index in [1.54, 1.807) is 31.0 Å².